The Balaban J connectivity index is 1.47. The van der Waals surface area contributed by atoms with Gasteiger partial charge in [-0.1, -0.05) is 155 Å². The molecule has 5 aromatic rings. The van der Waals surface area contributed by atoms with Gasteiger partial charge in [-0.3, -0.25) is 0 Å². The predicted molar refractivity (Wildman–Crippen MR) is 167 cm³/mol. The number of rotatable bonds is 4. The van der Waals surface area contributed by atoms with Gasteiger partial charge in [0.1, 0.15) is 0 Å². The van der Waals surface area contributed by atoms with Gasteiger partial charge < -0.3 is 0 Å². The molecule has 0 saturated carbocycles. The van der Waals surface area contributed by atoms with E-state index >= 15 is 0 Å². The summed E-state index contributed by atoms with van der Waals surface area (Å²) < 4.78 is 1.13. The molecule has 0 nitrogen and oxygen atoms in total. The lowest BCUT2D eigenvalue weighted by molar-refractivity contribution is 0.361. The minimum atomic E-state index is 0.250. The van der Waals surface area contributed by atoms with Crippen molar-refractivity contribution in [3.63, 3.8) is 0 Å². The highest BCUT2D eigenvalue weighted by Gasteiger charge is 2.43. The fraction of sp³-hybridized carbons (Fsp3) is 0.105. The highest BCUT2D eigenvalue weighted by Crippen LogP contribution is 2.56. The van der Waals surface area contributed by atoms with Crippen LogP contribution >= 0.6 is 15.9 Å². The van der Waals surface area contributed by atoms with Crippen LogP contribution in [0.15, 0.2) is 156 Å². The lowest BCUT2D eigenvalue weighted by Crippen LogP contribution is -2.34. The molecule has 4 unspecified atom stereocenters. The molecular formula is C38H29Br. The monoisotopic (exact) mass is 564 g/mol. The van der Waals surface area contributed by atoms with Crippen LogP contribution in [0.1, 0.15) is 34.1 Å². The zero-order chi connectivity index (χ0) is 26.2. The van der Waals surface area contributed by atoms with E-state index in [1.807, 2.05) is 0 Å². The van der Waals surface area contributed by atoms with Gasteiger partial charge in [-0.15, -0.1) is 0 Å². The largest absolute Gasteiger partial charge is 0.0799 e. The highest BCUT2D eigenvalue weighted by molar-refractivity contribution is 9.10. The summed E-state index contributed by atoms with van der Waals surface area (Å²) in [6.45, 7) is 0. The Bertz CT molecular complexity index is 1680. The van der Waals surface area contributed by atoms with Crippen molar-refractivity contribution in [1.29, 1.82) is 0 Å². The number of hydrogen-bond acceptors (Lipinski definition) is 0. The van der Waals surface area contributed by atoms with Crippen molar-refractivity contribution in [3.05, 3.63) is 178 Å². The first-order valence-electron chi connectivity index (χ1n) is 13.7. The van der Waals surface area contributed by atoms with Crippen molar-refractivity contribution >= 4 is 15.9 Å². The van der Waals surface area contributed by atoms with Gasteiger partial charge in [0.2, 0.25) is 0 Å². The highest BCUT2D eigenvalue weighted by atomic mass is 79.9. The Morgan fingerprint density at radius 3 is 1.41 bits per heavy atom. The van der Waals surface area contributed by atoms with E-state index in [1.165, 1.54) is 44.5 Å². The first-order chi connectivity index (χ1) is 19.3. The summed E-state index contributed by atoms with van der Waals surface area (Å²) in [4.78, 5) is 0. The van der Waals surface area contributed by atoms with Crippen molar-refractivity contribution in [2.75, 3.05) is 0 Å². The maximum Gasteiger partial charge on any atom is 0.0178 e. The normalized spacial score (nSPS) is 21.3. The number of benzene rings is 5. The Hall–Kier alpha value is -3.94. The molecule has 39 heavy (non-hydrogen) atoms. The van der Waals surface area contributed by atoms with E-state index in [2.05, 4.69) is 168 Å². The molecule has 0 aliphatic heterocycles. The zero-order valence-corrected chi connectivity index (χ0v) is 23.2. The second-order valence-electron chi connectivity index (χ2n) is 10.6. The number of fused-ring (bicyclic) bond motifs is 2. The molecule has 2 aliphatic carbocycles. The average Bonchev–Trinajstić information content (AvgIpc) is 3.01. The molecular weight excluding hydrogens is 536 g/mol. The third kappa shape index (κ3) is 4.32. The molecule has 0 amide bonds. The van der Waals surface area contributed by atoms with Gasteiger partial charge in [-0.2, -0.15) is 0 Å². The van der Waals surface area contributed by atoms with Gasteiger partial charge in [0.15, 0.2) is 0 Å². The van der Waals surface area contributed by atoms with Crippen molar-refractivity contribution < 1.29 is 0 Å². The van der Waals surface area contributed by atoms with Crippen LogP contribution in [-0.4, -0.2) is 0 Å². The number of hydrogen-bond donors (Lipinski definition) is 0. The van der Waals surface area contributed by atoms with E-state index < -0.39 is 0 Å². The number of allylic oxidation sites excluding steroid dienone is 4. The van der Waals surface area contributed by atoms with Crippen LogP contribution in [-0.2, 0) is 0 Å². The lowest BCUT2D eigenvalue weighted by Gasteiger charge is -2.45. The summed E-state index contributed by atoms with van der Waals surface area (Å²) >= 11 is 3.84. The fourth-order valence-electron chi connectivity index (χ4n) is 6.87. The SMILES string of the molecule is Brc1ccc2c(c1)C(c1ccccc1-c1ccccc1)C1C=CC=CC1C2c1ccccc1-c1ccccc1. The van der Waals surface area contributed by atoms with Crippen LogP contribution < -0.4 is 0 Å². The van der Waals surface area contributed by atoms with E-state index in [9.17, 15) is 0 Å². The summed E-state index contributed by atoms with van der Waals surface area (Å²) in [5.74, 6) is 1.20. The zero-order valence-electron chi connectivity index (χ0n) is 21.6. The van der Waals surface area contributed by atoms with E-state index in [1.54, 1.807) is 0 Å². The van der Waals surface area contributed by atoms with Crippen LogP contribution in [0, 0.1) is 11.8 Å². The molecule has 5 aromatic carbocycles. The minimum Gasteiger partial charge on any atom is -0.0799 e. The molecule has 0 bridgehead atoms. The van der Waals surface area contributed by atoms with Crippen LogP contribution in [0.5, 0.6) is 0 Å². The van der Waals surface area contributed by atoms with Gasteiger partial charge >= 0.3 is 0 Å². The summed E-state index contributed by atoms with van der Waals surface area (Å²) in [5, 5.41) is 0. The summed E-state index contributed by atoms with van der Waals surface area (Å²) in [7, 11) is 0. The van der Waals surface area contributed by atoms with Crippen LogP contribution in [0.3, 0.4) is 0 Å². The summed E-state index contributed by atoms with van der Waals surface area (Å²) in [5.41, 5.74) is 10.8. The Morgan fingerprint density at radius 2 is 0.872 bits per heavy atom. The van der Waals surface area contributed by atoms with E-state index in [0.717, 1.165) is 4.47 Å². The molecule has 0 aromatic heterocycles. The van der Waals surface area contributed by atoms with Gasteiger partial charge in [-0.05, 0) is 68.5 Å². The molecule has 0 radical (unpaired) electrons. The molecule has 4 atom stereocenters. The third-order valence-corrected chi connectivity index (χ3v) is 8.97. The van der Waals surface area contributed by atoms with Gasteiger partial charge in [0.25, 0.3) is 0 Å². The van der Waals surface area contributed by atoms with E-state index in [4.69, 9.17) is 0 Å². The number of halogens is 1. The molecule has 2 aliphatic rings. The summed E-state index contributed by atoms with van der Waals surface area (Å²) in [6.07, 6.45) is 9.42. The molecule has 0 heterocycles. The molecule has 1 heteroatoms. The first kappa shape index (κ1) is 24.1. The van der Waals surface area contributed by atoms with Crippen molar-refractivity contribution in [2.45, 2.75) is 11.8 Å². The van der Waals surface area contributed by atoms with Crippen LogP contribution in [0.2, 0.25) is 0 Å². The Labute approximate surface area is 239 Å². The first-order valence-corrected chi connectivity index (χ1v) is 14.5. The molecule has 0 fully saturated rings. The van der Waals surface area contributed by atoms with E-state index in [-0.39, 0.29) is 11.8 Å². The van der Waals surface area contributed by atoms with E-state index in [0.29, 0.717) is 11.8 Å². The lowest BCUT2D eigenvalue weighted by atomic mass is 9.58. The second-order valence-corrected chi connectivity index (χ2v) is 11.5. The van der Waals surface area contributed by atoms with Gasteiger partial charge in [0, 0.05) is 16.3 Å². The third-order valence-electron chi connectivity index (χ3n) is 8.47. The Morgan fingerprint density at radius 1 is 0.410 bits per heavy atom. The van der Waals surface area contributed by atoms with Crippen LogP contribution in [0.4, 0.5) is 0 Å². The maximum absolute atomic E-state index is 3.84. The fourth-order valence-corrected chi connectivity index (χ4v) is 7.25. The predicted octanol–water partition coefficient (Wildman–Crippen LogP) is 10.4. The van der Waals surface area contributed by atoms with Gasteiger partial charge in [-0.25, -0.2) is 0 Å². The van der Waals surface area contributed by atoms with Gasteiger partial charge in [0.05, 0.1) is 0 Å². The van der Waals surface area contributed by atoms with Crippen LogP contribution in [0.25, 0.3) is 22.3 Å². The minimum absolute atomic E-state index is 0.250. The smallest absolute Gasteiger partial charge is 0.0178 e. The Kier molecular flexibility index (Phi) is 6.38. The topological polar surface area (TPSA) is 0 Å². The maximum atomic E-state index is 3.84. The molecule has 7 rings (SSSR count). The molecule has 0 saturated heterocycles. The molecule has 188 valence electrons. The van der Waals surface area contributed by atoms with Crippen molar-refractivity contribution in [2.24, 2.45) is 11.8 Å². The summed E-state index contributed by atoms with van der Waals surface area (Å²) in [6, 6.07) is 46.7. The van der Waals surface area contributed by atoms with Crippen molar-refractivity contribution in [1.82, 2.24) is 0 Å². The standard InChI is InChI=1S/C38H29Br/c39-28-23-24-35-36(25-28)38(32-20-10-8-18-30(32)27-15-5-2-6-16-27)34-22-12-11-21-33(34)37(35)31-19-9-7-17-29(31)26-13-3-1-4-14-26/h1-25,33-34,37-38H. The average molecular weight is 566 g/mol. The molecule has 0 N–H and O–H groups in total. The second kappa shape index (κ2) is 10.3. The quantitative estimate of drug-likeness (QED) is 0.203. The van der Waals surface area contributed by atoms with Crippen molar-refractivity contribution in [3.8, 4) is 22.3 Å². The molecule has 0 spiro atoms.